The summed E-state index contributed by atoms with van der Waals surface area (Å²) in [7, 11) is -0.954. The van der Waals surface area contributed by atoms with Crippen molar-refractivity contribution in [2.75, 3.05) is 18.4 Å². The molecule has 1 N–H and O–H groups in total. The molecule has 0 bridgehead atoms. The van der Waals surface area contributed by atoms with Gasteiger partial charge < -0.3 is 0 Å². The van der Waals surface area contributed by atoms with Gasteiger partial charge in [-0.2, -0.15) is 5.10 Å². The molecule has 1 aliphatic carbocycles. The summed E-state index contributed by atoms with van der Waals surface area (Å²) in [4.78, 5) is 13.6. The predicted molar refractivity (Wildman–Crippen MR) is 102 cm³/mol. The van der Waals surface area contributed by atoms with E-state index < -0.39 is 10.8 Å². The van der Waals surface area contributed by atoms with E-state index >= 15 is 0 Å². The third kappa shape index (κ3) is 3.99. The number of nitrogens with zero attached hydrogens (tertiary/aromatic N) is 4. The molecule has 1 saturated carbocycles. The summed E-state index contributed by atoms with van der Waals surface area (Å²) >= 11 is 1.26. The minimum absolute atomic E-state index is 0.291. The van der Waals surface area contributed by atoms with Crippen LogP contribution in [0.4, 0.5) is 5.13 Å². The Morgan fingerprint density at radius 3 is 2.58 bits per heavy atom. The van der Waals surface area contributed by atoms with Crippen LogP contribution in [0.3, 0.4) is 0 Å². The summed E-state index contributed by atoms with van der Waals surface area (Å²) in [6.07, 6.45) is 4.21. The summed E-state index contributed by atoms with van der Waals surface area (Å²) in [6, 6.07) is 7.32. The highest BCUT2D eigenvalue weighted by Gasteiger charge is 2.29. The van der Waals surface area contributed by atoms with Gasteiger partial charge in [-0.1, -0.05) is 23.5 Å². The lowest BCUT2D eigenvalue weighted by Gasteiger charge is -2.14. The average molecular weight is 390 g/mol. The fraction of sp³-hybridized carbons (Fsp3) is 0.412. The molecule has 1 aromatic heterocycles. The number of hydrogen-bond acceptors (Lipinski definition) is 7. The Hall–Kier alpha value is -2.13. The number of hydrogen-bond donors (Lipinski definition) is 1. The Morgan fingerprint density at radius 2 is 1.96 bits per heavy atom. The zero-order valence-electron chi connectivity index (χ0n) is 14.1. The van der Waals surface area contributed by atoms with E-state index in [0.717, 1.165) is 43.7 Å². The summed E-state index contributed by atoms with van der Waals surface area (Å²) in [5, 5.41) is 17.6. The van der Waals surface area contributed by atoms with Gasteiger partial charge >= 0.3 is 0 Å². The van der Waals surface area contributed by atoms with Crippen LogP contribution in [0.1, 0.15) is 31.2 Å². The molecule has 2 heterocycles. The van der Waals surface area contributed by atoms with Gasteiger partial charge in [0.15, 0.2) is 5.71 Å². The maximum atomic E-state index is 12.7. The number of carbonyl (C=O) groups excluding carboxylic acids is 1. The summed E-state index contributed by atoms with van der Waals surface area (Å²) < 4.78 is 12.3. The number of carbonyl (C=O) groups is 1. The molecule has 26 heavy (non-hydrogen) atoms. The van der Waals surface area contributed by atoms with Crippen LogP contribution in [0, 0.1) is 0 Å². The van der Waals surface area contributed by atoms with Crippen molar-refractivity contribution in [2.45, 2.75) is 35.8 Å². The molecule has 1 aliphatic heterocycles. The van der Waals surface area contributed by atoms with Crippen molar-refractivity contribution in [3.8, 4) is 0 Å². The van der Waals surface area contributed by atoms with Gasteiger partial charge in [0, 0.05) is 28.8 Å². The minimum atomic E-state index is -0.954. The molecule has 4 rings (SSSR count). The van der Waals surface area contributed by atoms with Gasteiger partial charge in [0.25, 0.3) is 5.91 Å². The van der Waals surface area contributed by atoms with E-state index in [-0.39, 0.29) is 5.91 Å². The van der Waals surface area contributed by atoms with E-state index in [1.807, 2.05) is 29.3 Å². The van der Waals surface area contributed by atoms with Gasteiger partial charge in [-0.25, -0.2) is 0 Å². The van der Waals surface area contributed by atoms with Crippen molar-refractivity contribution in [3.63, 3.8) is 0 Å². The highest BCUT2D eigenvalue weighted by atomic mass is 32.2. The molecular formula is C17H19N5O2S2. The molecule has 0 spiro atoms. The number of anilines is 1. The third-order valence-electron chi connectivity index (χ3n) is 4.31. The predicted octanol–water partition coefficient (Wildman–Crippen LogP) is 2.25. The third-order valence-corrected chi connectivity index (χ3v) is 6.73. The molecule has 1 unspecified atom stereocenters. The number of rotatable bonds is 6. The van der Waals surface area contributed by atoms with E-state index in [9.17, 15) is 9.00 Å². The molecule has 1 aromatic carbocycles. The first-order valence-electron chi connectivity index (χ1n) is 8.63. The molecule has 1 saturated heterocycles. The van der Waals surface area contributed by atoms with Crippen LogP contribution in [-0.4, -0.2) is 49.4 Å². The Bertz CT molecular complexity index is 825. The molecular weight excluding hydrogens is 370 g/mol. The SMILES string of the molecule is O=C(Nc1nncs1)/C(=N/N1CCCC1)c1ccc(S(=O)C2CC2)cc1. The lowest BCUT2D eigenvalue weighted by Crippen LogP contribution is -2.27. The van der Waals surface area contributed by atoms with Gasteiger partial charge in [0.1, 0.15) is 5.51 Å². The van der Waals surface area contributed by atoms with Gasteiger partial charge in [-0.05, 0) is 37.8 Å². The van der Waals surface area contributed by atoms with Crippen LogP contribution >= 0.6 is 11.3 Å². The van der Waals surface area contributed by atoms with Gasteiger partial charge in [0.2, 0.25) is 5.13 Å². The molecule has 7 nitrogen and oxygen atoms in total. The van der Waals surface area contributed by atoms with Crippen molar-refractivity contribution in [2.24, 2.45) is 5.10 Å². The summed E-state index contributed by atoms with van der Waals surface area (Å²) in [5.41, 5.74) is 2.61. The first-order chi connectivity index (χ1) is 12.7. The Balaban J connectivity index is 1.59. The smallest absolute Gasteiger partial charge is 0.278 e. The van der Waals surface area contributed by atoms with Gasteiger partial charge in [-0.3, -0.25) is 19.3 Å². The summed E-state index contributed by atoms with van der Waals surface area (Å²) in [5.74, 6) is -0.315. The van der Waals surface area contributed by atoms with Crippen molar-refractivity contribution >= 4 is 38.9 Å². The molecule has 1 amide bonds. The van der Waals surface area contributed by atoms with Crippen molar-refractivity contribution in [1.29, 1.82) is 0 Å². The quantitative estimate of drug-likeness (QED) is 0.766. The lowest BCUT2D eigenvalue weighted by molar-refractivity contribution is -0.110. The topological polar surface area (TPSA) is 87.6 Å². The first-order valence-corrected chi connectivity index (χ1v) is 10.7. The number of nitrogens with one attached hydrogen (secondary N) is 1. The van der Waals surface area contributed by atoms with Crippen LogP contribution in [0.5, 0.6) is 0 Å². The zero-order chi connectivity index (χ0) is 17.9. The van der Waals surface area contributed by atoms with Crippen LogP contribution in [0.15, 0.2) is 39.8 Å². The van der Waals surface area contributed by atoms with Gasteiger partial charge in [0.05, 0.1) is 10.8 Å². The standard InChI is InChI=1S/C17H19N5O2S2/c23-16(19-17-20-18-11-25-17)15(21-22-9-1-2-10-22)12-3-5-13(6-4-12)26(24)14-7-8-14/h3-6,11,14H,1-2,7-10H2,(H,19,20,23)/b21-15+. The normalized spacial score (nSPS) is 18.8. The molecule has 136 valence electrons. The van der Waals surface area contributed by atoms with E-state index in [1.165, 1.54) is 11.3 Å². The van der Waals surface area contributed by atoms with Crippen LogP contribution < -0.4 is 5.32 Å². The second kappa shape index (κ2) is 7.63. The fourth-order valence-electron chi connectivity index (χ4n) is 2.78. The van der Waals surface area contributed by atoms with E-state index in [0.29, 0.717) is 21.7 Å². The second-order valence-electron chi connectivity index (χ2n) is 6.33. The Morgan fingerprint density at radius 1 is 1.23 bits per heavy atom. The second-order valence-corrected chi connectivity index (χ2v) is 8.89. The molecule has 1 atom stereocenters. The lowest BCUT2D eigenvalue weighted by atomic mass is 10.1. The first kappa shape index (κ1) is 17.3. The number of aromatic nitrogens is 2. The summed E-state index contributed by atoms with van der Waals surface area (Å²) in [6.45, 7) is 1.69. The highest BCUT2D eigenvalue weighted by Crippen LogP contribution is 2.30. The average Bonchev–Trinajstić information content (AvgIpc) is 3.14. The minimum Gasteiger partial charge on any atom is -0.296 e. The van der Waals surface area contributed by atoms with Crippen molar-refractivity contribution < 1.29 is 9.00 Å². The van der Waals surface area contributed by atoms with Crippen LogP contribution in [-0.2, 0) is 15.6 Å². The largest absolute Gasteiger partial charge is 0.296 e. The van der Waals surface area contributed by atoms with E-state index in [2.05, 4.69) is 20.6 Å². The maximum absolute atomic E-state index is 12.7. The maximum Gasteiger partial charge on any atom is 0.278 e. The molecule has 2 fully saturated rings. The van der Waals surface area contributed by atoms with Gasteiger partial charge in [-0.15, -0.1) is 10.2 Å². The molecule has 0 radical (unpaired) electrons. The van der Waals surface area contributed by atoms with Crippen LogP contribution in [0.25, 0.3) is 0 Å². The van der Waals surface area contributed by atoms with Crippen molar-refractivity contribution in [1.82, 2.24) is 15.2 Å². The fourth-order valence-corrected chi connectivity index (χ4v) is 4.57. The highest BCUT2D eigenvalue weighted by molar-refractivity contribution is 7.86. The monoisotopic (exact) mass is 389 g/mol. The van der Waals surface area contributed by atoms with E-state index in [4.69, 9.17) is 0 Å². The zero-order valence-corrected chi connectivity index (χ0v) is 15.8. The number of hydrazone groups is 1. The van der Waals surface area contributed by atoms with Crippen LogP contribution in [0.2, 0.25) is 0 Å². The molecule has 2 aromatic rings. The number of amides is 1. The van der Waals surface area contributed by atoms with E-state index in [1.54, 1.807) is 5.51 Å². The molecule has 9 heteroatoms. The van der Waals surface area contributed by atoms with Crippen molar-refractivity contribution in [3.05, 3.63) is 35.3 Å². The number of benzene rings is 1. The Labute approximate surface area is 158 Å². The molecule has 2 aliphatic rings. The Kier molecular flexibility index (Phi) is 5.07.